The van der Waals surface area contributed by atoms with Gasteiger partial charge >= 0.3 is 0 Å². The van der Waals surface area contributed by atoms with Crippen molar-refractivity contribution >= 4 is 11.4 Å². The molecule has 0 unspecified atom stereocenters. The Hall–Kier alpha value is -2.16. The van der Waals surface area contributed by atoms with Gasteiger partial charge in [-0.05, 0) is 54.8 Å². The van der Waals surface area contributed by atoms with E-state index in [-0.39, 0.29) is 5.75 Å². The van der Waals surface area contributed by atoms with E-state index in [2.05, 4.69) is 29.3 Å². The minimum atomic E-state index is 0.238. The summed E-state index contributed by atoms with van der Waals surface area (Å²) in [5.74, 6) is 0.238. The Labute approximate surface area is 120 Å². The van der Waals surface area contributed by atoms with Crippen molar-refractivity contribution in [1.82, 2.24) is 0 Å². The molecule has 0 saturated carbocycles. The monoisotopic (exact) mass is 268 g/mol. The van der Waals surface area contributed by atoms with Crippen LogP contribution in [-0.2, 0) is 6.42 Å². The first-order chi connectivity index (χ1) is 9.78. The van der Waals surface area contributed by atoms with Crippen LogP contribution in [-0.4, -0.2) is 5.11 Å². The second-order valence-electron chi connectivity index (χ2n) is 4.84. The van der Waals surface area contributed by atoms with E-state index in [0.717, 1.165) is 17.8 Å². The lowest BCUT2D eigenvalue weighted by atomic mass is 10.1. The molecule has 0 aliphatic carbocycles. The van der Waals surface area contributed by atoms with Crippen LogP contribution in [0, 0.1) is 0 Å². The largest absolute Gasteiger partial charge is 0.508 e. The van der Waals surface area contributed by atoms with Gasteiger partial charge in [-0.25, -0.2) is 0 Å². The molecule has 2 rings (SSSR count). The van der Waals surface area contributed by atoms with Crippen molar-refractivity contribution in [2.75, 3.05) is 0 Å². The topological polar surface area (TPSA) is 45.0 Å². The maximum absolute atomic E-state index is 9.21. The minimum Gasteiger partial charge on any atom is -0.508 e. The zero-order valence-electron chi connectivity index (χ0n) is 11.8. The number of benzene rings is 2. The molecule has 2 aromatic carbocycles. The molecule has 20 heavy (non-hydrogen) atoms. The Morgan fingerprint density at radius 2 is 1.65 bits per heavy atom. The predicted molar refractivity (Wildman–Crippen MR) is 82.0 cm³/mol. The van der Waals surface area contributed by atoms with Gasteiger partial charge in [0.05, 0.1) is 11.4 Å². The van der Waals surface area contributed by atoms with E-state index in [1.54, 1.807) is 24.3 Å². The van der Waals surface area contributed by atoms with Gasteiger partial charge in [0.15, 0.2) is 0 Å². The molecule has 0 aliphatic heterocycles. The van der Waals surface area contributed by atoms with Crippen LogP contribution >= 0.6 is 0 Å². The van der Waals surface area contributed by atoms with Crippen molar-refractivity contribution in [3.05, 3.63) is 54.1 Å². The van der Waals surface area contributed by atoms with Gasteiger partial charge in [-0.1, -0.05) is 31.9 Å². The fourth-order valence-electron chi connectivity index (χ4n) is 1.99. The van der Waals surface area contributed by atoms with E-state index in [1.165, 1.54) is 24.8 Å². The molecular weight excluding hydrogens is 248 g/mol. The number of hydrogen-bond donors (Lipinski definition) is 1. The van der Waals surface area contributed by atoms with Crippen LogP contribution < -0.4 is 0 Å². The third kappa shape index (κ3) is 4.50. The number of nitrogens with zero attached hydrogens (tertiary/aromatic N) is 2. The molecule has 2 aromatic rings. The molecule has 0 heterocycles. The van der Waals surface area contributed by atoms with Crippen molar-refractivity contribution < 1.29 is 5.11 Å². The van der Waals surface area contributed by atoms with E-state index in [0.29, 0.717) is 0 Å². The SMILES string of the molecule is CCCCCc1cccc(/N=N/c2ccc(O)cc2)c1. The Bertz CT molecular complexity index is 561. The van der Waals surface area contributed by atoms with Crippen LogP contribution in [0.25, 0.3) is 0 Å². The number of aromatic hydroxyl groups is 1. The van der Waals surface area contributed by atoms with Crippen LogP contribution in [0.4, 0.5) is 11.4 Å². The molecule has 1 N–H and O–H groups in total. The van der Waals surface area contributed by atoms with Gasteiger partial charge in [-0.15, -0.1) is 0 Å². The molecule has 0 atom stereocenters. The zero-order chi connectivity index (χ0) is 14.2. The van der Waals surface area contributed by atoms with Gasteiger partial charge in [-0.2, -0.15) is 10.2 Å². The fourth-order valence-corrected chi connectivity index (χ4v) is 1.99. The van der Waals surface area contributed by atoms with Crippen LogP contribution in [0.1, 0.15) is 31.7 Å². The number of phenolic OH excluding ortho intramolecular Hbond substituents is 1. The first kappa shape index (κ1) is 14.3. The predicted octanol–water partition coefficient (Wildman–Crippen LogP) is 5.54. The number of rotatable bonds is 6. The smallest absolute Gasteiger partial charge is 0.115 e. The molecule has 0 aromatic heterocycles. The van der Waals surface area contributed by atoms with Crippen molar-refractivity contribution in [3.63, 3.8) is 0 Å². The second-order valence-corrected chi connectivity index (χ2v) is 4.84. The number of aryl methyl sites for hydroxylation is 1. The second kappa shape index (κ2) is 7.43. The number of azo groups is 1. The van der Waals surface area contributed by atoms with Gasteiger partial charge in [0.2, 0.25) is 0 Å². The highest BCUT2D eigenvalue weighted by atomic mass is 16.3. The lowest BCUT2D eigenvalue weighted by Crippen LogP contribution is -1.84. The molecule has 0 radical (unpaired) electrons. The molecule has 0 bridgehead atoms. The molecular formula is C17H20N2O. The van der Waals surface area contributed by atoms with E-state index in [9.17, 15) is 5.11 Å². The van der Waals surface area contributed by atoms with Gasteiger partial charge in [0, 0.05) is 0 Å². The third-order valence-electron chi connectivity index (χ3n) is 3.11. The first-order valence-electron chi connectivity index (χ1n) is 7.07. The molecule has 3 heteroatoms. The van der Waals surface area contributed by atoms with Crippen molar-refractivity contribution in [2.45, 2.75) is 32.6 Å². The Kier molecular flexibility index (Phi) is 5.30. The third-order valence-corrected chi connectivity index (χ3v) is 3.11. The van der Waals surface area contributed by atoms with Crippen LogP contribution in [0.3, 0.4) is 0 Å². The summed E-state index contributed by atoms with van der Waals surface area (Å²) in [5.41, 5.74) is 2.91. The van der Waals surface area contributed by atoms with Crippen molar-refractivity contribution in [2.24, 2.45) is 10.2 Å². The highest BCUT2D eigenvalue weighted by Crippen LogP contribution is 2.21. The highest BCUT2D eigenvalue weighted by Gasteiger charge is 1.96. The summed E-state index contributed by atoms with van der Waals surface area (Å²) >= 11 is 0. The molecule has 0 spiro atoms. The number of phenols is 1. The molecule has 3 nitrogen and oxygen atoms in total. The van der Waals surface area contributed by atoms with E-state index < -0.39 is 0 Å². The quantitative estimate of drug-likeness (QED) is 0.542. The minimum absolute atomic E-state index is 0.238. The zero-order valence-corrected chi connectivity index (χ0v) is 11.8. The lowest BCUT2D eigenvalue weighted by Gasteiger charge is -2.01. The molecule has 0 fully saturated rings. The van der Waals surface area contributed by atoms with Crippen LogP contribution in [0.5, 0.6) is 5.75 Å². The number of hydrogen-bond acceptors (Lipinski definition) is 3. The lowest BCUT2D eigenvalue weighted by molar-refractivity contribution is 0.475. The van der Waals surface area contributed by atoms with Crippen molar-refractivity contribution in [1.29, 1.82) is 0 Å². The average molecular weight is 268 g/mol. The maximum atomic E-state index is 9.21. The summed E-state index contributed by atoms with van der Waals surface area (Å²) in [5, 5.41) is 17.6. The molecule has 0 amide bonds. The van der Waals surface area contributed by atoms with Crippen LogP contribution in [0.2, 0.25) is 0 Å². The van der Waals surface area contributed by atoms with Gasteiger partial charge in [0.1, 0.15) is 5.75 Å². The first-order valence-corrected chi connectivity index (χ1v) is 7.07. The van der Waals surface area contributed by atoms with E-state index in [4.69, 9.17) is 0 Å². The van der Waals surface area contributed by atoms with Gasteiger partial charge in [-0.3, -0.25) is 0 Å². The Morgan fingerprint density at radius 3 is 2.40 bits per heavy atom. The normalized spacial score (nSPS) is 11.1. The van der Waals surface area contributed by atoms with Crippen molar-refractivity contribution in [3.8, 4) is 5.75 Å². The Balaban J connectivity index is 2.01. The van der Waals surface area contributed by atoms with Gasteiger partial charge in [0.25, 0.3) is 0 Å². The fraction of sp³-hybridized carbons (Fsp3) is 0.294. The summed E-state index contributed by atoms with van der Waals surface area (Å²) in [6, 6.07) is 14.9. The summed E-state index contributed by atoms with van der Waals surface area (Å²) in [7, 11) is 0. The molecule has 0 saturated heterocycles. The highest BCUT2D eigenvalue weighted by molar-refractivity contribution is 5.43. The maximum Gasteiger partial charge on any atom is 0.115 e. The summed E-state index contributed by atoms with van der Waals surface area (Å²) in [6.45, 7) is 2.21. The molecule has 104 valence electrons. The van der Waals surface area contributed by atoms with E-state index >= 15 is 0 Å². The Morgan fingerprint density at radius 1 is 0.900 bits per heavy atom. The van der Waals surface area contributed by atoms with Gasteiger partial charge < -0.3 is 5.11 Å². The van der Waals surface area contributed by atoms with E-state index in [1.807, 2.05) is 12.1 Å². The summed E-state index contributed by atoms with van der Waals surface area (Å²) in [4.78, 5) is 0. The summed E-state index contributed by atoms with van der Waals surface area (Å²) in [6.07, 6.45) is 4.81. The average Bonchev–Trinajstić information content (AvgIpc) is 2.47. The summed E-state index contributed by atoms with van der Waals surface area (Å²) < 4.78 is 0. The van der Waals surface area contributed by atoms with Crippen LogP contribution in [0.15, 0.2) is 58.8 Å². The number of unbranched alkanes of at least 4 members (excludes halogenated alkanes) is 2. The standard InChI is InChI=1S/C17H20N2O/c1-2-3-4-6-14-7-5-8-16(13-14)19-18-15-9-11-17(20)12-10-15/h5,7-13,20H,2-4,6H2,1H3/b19-18+. The molecule has 0 aliphatic rings.